The van der Waals surface area contributed by atoms with Crippen LogP contribution in [0.1, 0.15) is 11.3 Å². The molecule has 0 aliphatic heterocycles. The summed E-state index contributed by atoms with van der Waals surface area (Å²) in [4.78, 5) is 0.106. The van der Waals surface area contributed by atoms with Crippen LogP contribution in [0.25, 0.3) is 0 Å². The van der Waals surface area contributed by atoms with E-state index in [1.165, 1.54) is 18.2 Å². The van der Waals surface area contributed by atoms with Crippen molar-refractivity contribution in [2.75, 3.05) is 4.72 Å². The minimum Gasteiger partial charge on any atom is -0.360 e. The van der Waals surface area contributed by atoms with Gasteiger partial charge in [0, 0.05) is 6.07 Å². The van der Waals surface area contributed by atoms with Gasteiger partial charge in [-0.3, -0.25) is 4.72 Å². The Balaban J connectivity index is 2.22. The minimum absolute atomic E-state index is 0.106. The Morgan fingerprint density at radius 3 is 2.58 bits per heavy atom. The van der Waals surface area contributed by atoms with Crippen molar-refractivity contribution in [3.05, 3.63) is 41.7 Å². The quantitative estimate of drug-likeness (QED) is 0.920. The lowest BCUT2D eigenvalue weighted by Crippen LogP contribution is -2.13. The molecule has 0 atom stereocenters. The summed E-state index contributed by atoms with van der Waals surface area (Å²) in [6.07, 6.45) is 0.246. The molecule has 1 heterocycles. The molecule has 2 aromatic rings. The molecule has 6 nitrogen and oxygen atoms in total. The van der Waals surface area contributed by atoms with Crippen LogP contribution >= 0.6 is 0 Å². The number of aryl methyl sites for hydroxylation is 1. The van der Waals surface area contributed by atoms with Crippen LogP contribution in [0.3, 0.4) is 0 Å². The first kappa shape index (κ1) is 13.1. The molecule has 1 aromatic heterocycles. The van der Waals surface area contributed by atoms with Crippen molar-refractivity contribution < 1.29 is 12.9 Å². The van der Waals surface area contributed by atoms with Crippen molar-refractivity contribution in [1.82, 2.24) is 5.16 Å². The van der Waals surface area contributed by atoms with Crippen LogP contribution in [0, 0.1) is 18.3 Å². The smallest absolute Gasteiger partial charge is 0.263 e. The predicted molar refractivity (Wildman–Crippen MR) is 67.8 cm³/mol. The van der Waals surface area contributed by atoms with E-state index in [1.54, 1.807) is 19.1 Å². The zero-order valence-corrected chi connectivity index (χ0v) is 10.9. The Hall–Kier alpha value is -2.33. The van der Waals surface area contributed by atoms with Crippen LogP contribution in [0.5, 0.6) is 0 Å². The van der Waals surface area contributed by atoms with Crippen LogP contribution < -0.4 is 4.72 Å². The van der Waals surface area contributed by atoms with Crippen molar-refractivity contribution in [1.29, 1.82) is 5.26 Å². The van der Waals surface area contributed by atoms with E-state index in [0.717, 1.165) is 5.56 Å². The van der Waals surface area contributed by atoms with Crippen molar-refractivity contribution in [2.45, 2.75) is 18.2 Å². The number of nitriles is 1. The summed E-state index contributed by atoms with van der Waals surface area (Å²) in [7, 11) is -3.69. The number of sulfonamides is 1. The Bertz CT molecular complexity index is 711. The summed E-state index contributed by atoms with van der Waals surface area (Å²) in [6.45, 7) is 1.67. The fraction of sp³-hybridized carbons (Fsp3) is 0.167. The monoisotopic (exact) mass is 277 g/mol. The molecule has 0 spiro atoms. The summed E-state index contributed by atoms with van der Waals surface area (Å²) < 4.78 is 31.1. The van der Waals surface area contributed by atoms with E-state index >= 15 is 0 Å². The number of nitrogens with zero attached hydrogens (tertiary/aromatic N) is 2. The molecular weight excluding hydrogens is 266 g/mol. The fourth-order valence-corrected chi connectivity index (χ4v) is 2.47. The molecule has 0 aliphatic rings. The van der Waals surface area contributed by atoms with Crippen LogP contribution in [-0.4, -0.2) is 13.6 Å². The summed E-state index contributed by atoms with van der Waals surface area (Å²) in [5, 5.41) is 12.1. The van der Waals surface area contributed by atoms with Gasteiger partial charge < -0.3 is 4.52 Å². The molecule has 0 aliphatic carbocycles. The van der Waals surface area contributed by atoms with Gasteiger partial charge in [0.25, 0.3) is 10.0 Å². The summed E-state index contributed by atoms with van der Waals surface area (Å²) in [5.41, 5.74) is 0.763. The van der Waals surface area contributed by atoms with Gasteiger partial charge in [-0.05, 0) is 24.6 Å². The molecule has 1 N–H and O–H groups in total. The number of hydrogen-bond donors (Lipinski definition) is 1. The highest BCUT2D eigenvalue weighted by Crippen LogP contribution is 2.16. The molecule has 19 heavy (non-hydrogen) atoms. The maximum Gasteiger partial charge on any atom is 0.263 e. The lowest BCUT2D eigenvalue weighted by molar-refractivity contribution is 0.400. The molecule has 2 rings (SSSR count). The summed E-state index contributed by atoms with van der Waals surface area (Å²) in [6, 6.07) is 9.58. The SMILES string of the molecule is Cc1cc(NS(=O)(=O)c2ccc(CC#N)cc2)no1. The maximum atomic E-state index is 12.0. The minimum atomic E-state index is -3.69. The van der Waals surface area contributed by atoms with Crippen molar-refractivity contribution in [2.24, 2.45) is 0 Å². The molecule has 0 unspecified atom stereocenters. The molecule has 0 amide bonds. The zero-order chi connectivity index (χ0) is 13.9. The lowest BCUT2D eigenvalue weighted by atomic mass is 10.2. The number of rotatable bonds is 4. The maximum absolute atomic E-state index is 12.0. The van der Waals surface area contributed by atoms with Crippen LogP contribution in [0.15, 0.2) is 39.8 Å². The highest BCUT2D eigenvalue weighted by molar-refractivity contribution is 7.92. The largest absolute Gasteiger partial charge is 0.360 e. The number of hydrogen-bond acceptors (Lipinski definition) is 5. The fourth-order valence-electron chi connectivity index (χ4n) is 1.49. The van der Waals surface area contributed by atoms with Crippen LogP contribution in [0.4, 0.5) is 5.82 Å². The molecular formula is C12H11N3O3S. The van der Waals surface area contributed by atoms with Crippen LogP contribution in [0.2, 0.25) is 0 Å². The highest BCUT2D eigenvalue weighted by Gasteiger charge is 2.15. The van der Waals surface area contributed by atoms with Gasteiger partial charge in [0.15, 0.2) is 5.82 Å². The van der Waals surface area contributed by atoms with E-state index in [2.05, 4.69) is 9.88 Å². The van der Waals surface area contributed by atoms with Gasteiger partial charge in [-0.15, -0.1) is 0 Å². The highest BCUT2D eigenvalue weighted by atomic mass is 32.2. The predicted octanol–water partition coefficient (Wildman–Crippen LogP) is 1.85. The van der Waals surface area contributed by atoms with Gasteiger partial charge in [0.1, 0.15) is 5.76 Å². The van der Waals surface area contributed by atoms with Gasteiger partial charge in [-0.1, -0.05) is 17.3 Å². The van der Waals surface area contributed by atoms with E-state index in [0.29, 0.717) is 5.76 Å². The Morgan fingerprint density at radius 1 is 1.37 bits per heavy atom. The second-order valence-electron chi connectivity index (χ2n) is 3.91. The average molecular weight is 277 g/mol. The van der Waals surface area contributed by atoms with Gasteiger partial charge in [0.05, 0.1) is 17.4 Å². The lowest BCUT2D eigenvalue weighted by Gasteiger charge is -2.05. The van der Waals surface area contributed by atoms with E-state index < -0.39 is 10.0 Å². The molecule has 98 valence electrons. The van der Waals surface area contributed by atoms with Gasteiger partial charge in [-0.2, -0.15) is 5.26 Å². The molecule has 0 bridgehead atoms. The Morgan fingerprint density at radius 2 is 2.05 bits per heavy atom. The van der Waals surface area contributed by atoms with E-state index in [9.17, 15) is 8.42 Å². The van der Waals surface area contributed by atoms with Crippen molar-refractivity contribution in [3.63, 3.8) is 0 Å². The third-order valence-electron chi connectivity index (χ3n) is 2.38. The Labute approximate surface area is 110 Å². The van der Waals surface area contributed by atoms with Crippen molar-refractivity contribution in [3.8, 4) is 6.07 Å². The molecule has 0 saturated heterocycles. The Kier molecular flexibility index (Phi) is 3.53. The number of anilines is 1. The van der Waals surface area contributed by atoms with Gasteiger partial charge in [-0.25, -0.2) is 8.42 Å². The number of benzene rings is 1. The first-order valence-electron chi connectivity index (χ1n) is 5.43. The normalized spacial score (nSPS) is 10.9. The number of aromatic nitrogens is 1. The molecule has 0 fully saturated rings. The van der Waals surface area contributed by atoms with Crippen LogP contribution in [-0.2, 0) is 16.4 Å². The molecule has 7 heteroatoms. The first-order valence-corrected chi connectivity index (χ1v) is 6.91. The number of nitrogens with one attached hydrogen (secondary N) is 1. The second kappa shape index (κ2) is 5.12. The standard InChI is InChI=1S/C12H11N3O3S/c1-9-8-12(14-18-9)15-19(16,17)11-4-2-10(3-5-11)6-7-13/h2-5,8H,6H2,1H3,(H,14,15). The third kappa shape index (κ3) is 3.11. The van der Waals surface area contributed by atoms with E-state index in [4.69, 9.17) is 9.78 Å². The van der Waals surface area contributed by atoms with Crippen molar-refractivity contribution >= 4 is 15.8 Å². The molecule has 0 radical (unpaired) electrons. The molecule has 0 saturated carbocycles. The average Bonchev–Trinajstić information content (AvgIpc) is 2.75. The van der Waals surface area contributed by atoms with E-state index in [-0.39, 0.29) is 17.1 Å². The summed E-state index contributed by atoms with van der Waals surface area (Å²) >= 11 is 0. The van der Waals surface area contributed by atoms with Gasteiger partial charge in [0.2, 0.25) is 0 Å². The summed E-state index contributed by atoms with van der Waals surface area (Å²) in [5.74, 6) is 0.653. The van der Waals surface area contributed by atoms with E-state index in [1.807, 2.05) is 6.07 Å². The topological polar surface area (TPSA) is 96.0 Å². The van der Waals surface area contributed by atoms with Gasteiger partial charge >= 0.3 is 0 Å². The molecule has 1 aromatic carbocycles. The first-order chi connectivity index (χ1) is 9.01. The second-order valence-corrected chi connectivity index (χ2v) is 5.59. The third-order valence-corrected chi connectivity index (χ3v) is 3.75. The zero-order valence-electron chi connectivity index (χ0n) is 10.1.